The molecule has 1 unspecified atom stereocenters. The summed E-state index contributed by atoms with van der Waals surface area (Å²) in [4.78, 5) is 3.52. The first kappa shape index (κ1) is 12.9. The second kappa shape index (κ2) is 5.90. The molecular formula is C13H15N3OS2. The van der Waals surface area contributed by atoms with Crippen molar-refractivity contribution in [3.05, 3.63) is 34.5 Å². The number of nitrogens with zero attached hydrogens (tertiary/aromatic N) is 3. The summed E-state index contributed by atoms with van der Waals surface area (Å²) in [5.41, 5.74) is 0. The lowest BCUT2D eigenvalue weighted by Crippen LogP contribution is -2.38. The van der Waals surface area contributed by atoms with Gasteiger partial charge < -0.3 is 9.64 Å². The molecule has 100 valence electrons. The molecule has 1 aliphatic heterocycles. The molecule has 1 aliphatic rings. The molecule has 1 atom stereocenters. The number of morpholine rings is 1. The van der Waals surface area contributed by atoms with Crippen molar-refractivity contribution >= 4 is 28.9 Å². The highest BCUT2D eigenvalue weighted by Crippen LogP contribution is 2.28. The Labute approximate surface area is 120 Å². The van der Waals surface area contributed by atoms with Gasteiger partial charge in [0.15, 0.2) is 5.82 Å². The van der Waals surface area contributed by atoms with Gasteiger partial charge in [-0.3, -0.25) is 0 Å². The van der Waals surface area contributed by atoms with Gasteiger partial charge in [0.25, 0.3) is 0 Å². The predicted octanol–water partition coefficient (Wildman–Crippen LogP) is 2.84. The molecular weight excluding hydrogens is 278 g/mol. The molecule has 0 radical (unpaired) electrons. The van der Waals surface area contributed by atoms with Crippen molar-refractivity contribution in [2.24, 2.45) is 0 Å². The quantitative estimate of drug-likeness (QED) is 0.814. The van der Waals surface area contributed by atoms with Crippen molar-refractivity contribution in [2.45, 2.75) is 11.1 Å². The summed E-state index contributed by atoms with van der Waals surface area (Å²) in [6.45, 7) is 2.44. The van der Waals surface area contributed by atoms with E-state index < -0.39 is 0 Å². The molecule has 2 aromatic heterocycles. The Morgan fingerprint density at radius 1 is 1.37 bits per heavy atom. The lowest BCUT2D eigenvalue weighted by atomic mass is 10.2. The number of ether oxygens (including phenoxy) is 1. The largest absolute Gasteiger partial charge is 0.369 e. The van der Waals surface area contributed by atoms with E-state index >= 15 is 0 Å². The van der Waals surface area contributed by atoms with Crippen LogP contribution in [0, 0.1) is 0 Å². The topological polar surface area (TPSA) is 38.2 Å². The summed E-state index contributed by atoms with van der Waals surface area (Å²) in [6, 6.07) is 8.24. The van der Waals surface area contributed by atoms with Gasteiger partial charge >= 0.3 is 0 Å². The van der Waals surface area contributed by atoms with E-state index in [1.54, 1.807) is 23.1 Å². The molecule has 3 rings (SSSR count). The molecule has 6 heteroatoms. The van der Waals surface area contributed by atoms with E-state index in [2.05, 4.69) is 32.6 Å². The van der Waals surface area contributed by atoms with Gasteiger partial charge in [-0.2, -0.15) is 0 Å². The van der Waals surface area contributed by atoms with Crippen molar-refractivity contribution in [1.29, 1.82) is 0 Å². The second-order valence-electron chi connectivity index (χ2n) is 4.25. The first-order valence-corrected chi connectivity index (χ1v) is 8.25. The third-order valence-corrected chi connectivity index (χ3v) is 4.69. The Hall–Kier alpha value is -1.11. The minimum atomic E-state index is 0.149. The molecule has 0 aromatic carbocycles. The van der Waals surface area contributed by atoms with Crippen LogP contribution in [0.5, 0.6) is 0 Å². The van der Waals surface area contributed by atoms with Crippen LogP contribution < -0.4 is 4.90 Å². The zero-order chi connectivity index (χ0) is 13.1. The van der Waals surface area contributed by atoms with Gasteiger partial charge in [0, 0.05) is 11.4 Å². The summed E-state index contributed by atoms with van der Waals surface area (Å²) in [5, 5.41) is 11.5. The third kappa shape index (κ3) is 2.91. The number of hydrogen-bond donors (Lipinski definition) is 0. The minimum absolute atomic E-state index is 0.149. The van der Waals surface area contributed by atoms with Crippen LogP contribution >= 0.6 is 23.1 Å². The zero-order valence-corrected chi connectivity index (χ0v) is 12.3. The zero-order valence-electron chi connectivity index (χ0n) is 10.7. The van der Waals surface area contributed by atoms with Crippen LogP contribution in [-0.4, -0.2) is 36.1 Å². The highest BCUT2D eigenvalue weighted by molar-refractivity contribution is 7.98. The fraction of sp³-hybridized carbons (Fsp3) is 0.385. The van der Waals surface area contributed by atoms with Gasteiger partial charge in [0.1, 0.15) is 11.1 Å². The molecule has 19 heavy (non-hydrogen) atoms. The molecule has 0 N–H and O–H groups in total. The minimum Gasteiger partial charge on any atom is -0.369 e. The number of rotatable bonds is 3. The molecule has 1 saturated heterocycles. The van der Waals surface area contributed by atoms with Gasteiger partial charge in [-0.25, -0.2) is 0 Å². The van der Waals surface area contributed by atoms with E-state index in [0.717, 1.165) is 30.5 Å². The summed E-state index contributed by atoms with van der Waals surface area (Å²) in [6.07, 6.45) is 2.15. The first-order chi connectivity index (χ1) is 9.36. The van der Waals surface area contributed by atoms with Crippen LogP contribution in [0.2, 0.25) is 0 Å². The lowest BCUT2D eigenvalue weighted by molar-refractivity contribution is 0.0418. The average molecular weight is 293 g/mol. The smallest absolute Gasteiger partial charge is 0.151 e. The van der Waals surface area contributed by atoms with E-state index in [9.17, 15) is 0 Å². The van der Waals surface area contributed by atoms with Crippen LogP contribution in [0.1, 0.15) is 11.0 Å². The van der Waals surface area contributed by atoms with Crippen LogP contribution in [0.4, 0.5) is 5.82 Å². The highest BCUT2D eigenvalue weighted by atomic mass is 32.2. The monoisotopic (exact) mass is 293 g/mol. The molecule has 0 saturated carbocycles. The van der Waals surface area contributed by atoms with Gasteiger partial charge in [-0.05, 0) is 29.8 Å². The van der Waals surface area contributed by atoms with Crippen molar-refractivity contribution in [3.63, 3.8) is 0 Å². The Morgan fingerprint density at radius 3 is 3.00 bits per heavy atom. The van der Waals surface area contributed by atoms with Crippen LogP contribution in [0.3, 0.4) is 0 Å². The van der Waals surface area contributed by atoms with Gasteiger partial charge in [0.05, 0.1) is 13.2 Å². The Kier molecular flexibility index (Phi) is 4.00. The van der Waals surface area contributed by atoms with Crippen molar-refractivity contribution < 1.29 is 4.74 Å². The highest BCUT2D eigenvalue weighted by Gasteiger charge is 2.23. The molecule has 0 bridgehead atoms. The summed E-state index contributed by atoms with van der Waals surface area (Å²) in [7, 11) is 0. The maximum Gasteiger partial charge on any atom is 0.151 e. The molecule has 0 spiro atoms. The number of thiophene rings is 1. The van der Waals surface area contributed by atoms with Crippen molar-refractivity contribution in [2.75, 3.05) is 30.9 Å². The van der Waals surface area contributed by atoms with Gasteiger partial charge in [-0.1, -0.05) is 6.07 Å². The number of hydrogen-bond acceptors (Lipinski definition) is 6. The number of aromatic nitrogens is 2. The Balaban J connectivity index is 1.73. The lowest BCUT2D eigenvalue weighted by Gasteiger charge is -2.33. The second-order valence-corrected chi connectivity index (χ2v) is 6.06. The van der Waals surface area contributed by atoms with E-state index in [0.29, 0.717) is 0 Å². The molecule has 3 heterocycles. The van der Waals surface area contributed by atoms with Crippen molar-refractivity contribution in [3.8, 4) is 0 Å². The van der Waals surface area contributed by atoms with Gasteiger partial charge in [0.2, 0.25) is 0 Å². The SMILES string of the molecule is CSc1ccc(N2CCOC(c3cccs3)C2)nn1. The fourth-order valence-corrected chi connectivity index (χ4v) is 3.19. The summed E-state index contributed by atoms with van der Waals surface area (Å²) >= 11 is 3.35. The Morgan fingerprint density at radius 2 is 2.32 bits per heavy atom. The van der Waals surface area contributed by atoms with E-state index in [1.807, 2.05) is 18.4 Å². The number of thioether (sulfide) groups is 1. The molecule has 1 fully saturated rings. The average Bonchev–Trinajstić information content (AvgIpc) is 3.02. The summed E-state index contributed by atoms with van der Waals surface area (Å²) in [5.74, 6) is 0.933. The van der Waals surface area contributed by atoms with Crippen LogP contribution in [-0.2, 0) is 4.74 Å². The third-order valence-electron chi connectivity index (χ3n) is 3.09. The fourth-order valence-electron chi connectivity index (χ4n) is 2.09. The standard InChI is InChI=1S/C13H15N3OS2/c1-18-13-5-4-12(14-15-13)16-6-7-17-10(9-16)11-3-2-8-19-11/h2-5,8,10H,6-7,9H2,1H3. The predicted molar refractivity (Wildman–Crippen MR) is 79.0 cm³/mol. The van der Waals surface area contributed by atoms with E-state index in [1.165, 1.54) is 4.88 Å². The van der Waals surface area contributed by atoms with Crippen LogP contribution in [0.15, 0.2) is 34.7 Å². The number of anilines is 1. The molecule has 2 aromatic rings. The van der Waals surface area contributed by atoms with E-state index in [4.69, 9.17) is 4.74 Å². The molecule has 0 amide bonds. The Bertz CT molecular complexity index is 515. The normalized spacial score (nSPS) is 19.6. The molecule has 4 nitrogen and oxygen atoms in total. The maximum atomic E-state index is 5.84. The molecule has 0 aliphatic carbocycles. The van der Waals surface area contributed by atoms with Crippen molar-refractivity contribution in [1.82, 2.24) is 10.2 Å². The summed E-state index contributed by atoms with van der Waals surface area (Å²) < 4.78 is 5.84. The van der Waals surface area contributed by atoms with Gasteiger partial charge in [-0.15, -0.1) is 33.3 Å². The first-order valence-electron chi connectivity index (χ1n) is 6.14. The maximum absolute atomic E-state index is 5.84. The van der Waals surface area contributed by atoms with E-state index in [-0.39, 0.29) is 6.10 Å². The van der Waals surface area contributed by atoms with Crippen LogP contribution in [0.25, 0.3) is 0 Å².